The SMILES string of the molecule is CON(C)C(=O)[C@@H](CNC(=O)OC(C)(C)C)NC(=O)OCc1ccccc1. The molecule has 150 valence electrons. The lowest BCUT2D eigenvalue weighted by molar-refractivity contribution is -0.170. The van der Waals surface area contributed by atoms with Gasteiger partial charge in [0.1, 0.15) is 18.2 Å². The summed E-state index contributed by atoms with van der Waals surface area (Å²) in [4.78, 5) is 41.0. The Balaban J connectivity index is 2.63. The van der Waals surface area contributed by atoms with Gasteiger partial charge in [-0.2, -0.15) is 0 Å². The van der Waals surface area contributed by atoms with E-state index in [4.69, 9.17) is 14.3 Å². The van der Waals surface area contributed by atoms with E-state index < -0.39 is 29.7 Å². The Labute approximate surface area is 158 Å². The summed E-state index contributed by atoms with van der Waals surface area (Å²) in [7, 11) is 2.70. The standard InChI is InChI=1S/C18H27N3O6/c1-18(2,3)27-16(23)19-11-14(15(22)21(4)25-5)20-17(24)26-12-13-9-7-6-8-10-13/h6-10,14H,11-12H2,1-5H3,(H,19,23)(H,20,24)/t14-/m1/s1. The molecule has 1 aromatic rings. The molecular formula is C18H27N3O6. The maximum absolute atomic E-state index is 12.3. The fourth-order valence-electron chi connectivity index (χ4n) is 1.92. The van der Waals surface area contributed by atoms with E-state index in [-0.39, 0.29) is 13.2 Å². The molecule has 0 aromatic heterocycles. The molecule has 0 aliphatic heterocycles. The third kappa shape index (κ3) is 8.91. The highest BCUT2D eigenvalue weighted by molar-refractivity contribution is 5.85. The Morgan fingerprint density at radius 1 is 1.11 bits per heavy atom. The van der Waals surface area contributed by atoms with Gasteiger partial charge in [-0.05, 0) is 26.3 Å². The molecule has 0 fully saturated rings. The van der Waals surface area contributed by atoms with Gasteiger partial charge >= 0.3 is 12.2 Å². The molecule has 1 atom stereocenters. The van der Waals surface area contributed by atoms with Crippen LogP contribution in [0.15, 0.2) is 30.3 Å². The van der Waals surface area contributed by atoms with Gasteiger partial charge in [0.15, 0.2) is 0 Å². The molecule has 0 saturated heterocycles. The highest BCUT2D eigenvalue weighted by atomic mass is 16.7. The summed E-state index contributed by atoms with van der Waals surface area (Å²) in [5, 5.41) is 5.81. The molecule has 27 heavy (non-hydrogen) atoms. The van der Waals surface area contributed by atoms with Crippen molar-refractivity contribution in [2.24, 2.45) is 0 Å². The minimum absolute atomic E-state index is 0.0488. The molecule has 9 nitrogen and oxygen atoms in total. The zero-order valence-electron chi connectivity index (χ0n) is 16.3. The van der Waals surface area contributed by atoms with E-state index in [1.54, 1.807) is 32.9 Å². The summed E-state index contributed by atoms with van der Waals surface area (Å²) in [6, 6.07) is 8.01. The Morgan fingerprint density at radius 3 is 2.30 bits per heavy atom. The number of rotatable bonds is 7. The van der Waals surface area contributed by atoms with Crippen LogP contribution in [-0.2, 0) is 25.7 Å². The van der Waals surface area contributed by atoms with E-state index in [9.17, 15) is 14.4 Å². The van der Waals surface area contributed by atoms with Crippen molar-refractivity contribution in [2.75, 3.05) is 20.7 Å². The Bertz CT molecular complexity index is 630. The minimum atomic E-state index is -1.09. The largest absolute Gasteiger partial charge is 0.445 e. The number of hydroxylamine groups is 2. The molecule has 0 spiro atoms. The van der Waals surface area contributed by atoms with Gasteiger partial charge in [-0.3, -0.25) is 9.63 Å². The van der Waals surface area contributed by atoms with E-state index >= 15 is 0 Å². The summed E-state index contributed by atoms with van der Waals surface area (Å²) in [6.07, 6.45) is -1.51. The van der Waals surface area contributed by atoms with Crippen LogP contribution in [-0.4, -0.2) is 55.5 Å². The highest BCUT2D eigenvalue weighted by Crippen LogP contribution is 2.06. The fourth-order valence-corrected chi connectivity index (χ4v) is 1.92. The van der Waals surface area contributed by atoms with Crippen LogP contribution in [0.5, 0.6) is 0 Å². The number of nitrogens with zero attached hydrogens (tertiary/aromatic N) is 1. The van der Waals surface area contributed by atoms with Crippen LogP contribution in [0.4, 0.5) is 9.59 Å². The molecule has 0 aliphatic rings. The van der Waals surface area contributed by atoms with Crippen molar-refractivity contribution < 1.29 is 28.7 Å². The van der Waals surface area contributed by atoms with Crippen molar-refractivity contribution in [3.63, 3.8) is 0 Å². The predicted octanol–water partition coefficient (Wildman–Crippen LogP) is 1.83. The number of nitrogens with one attached hydrogen (secondary N) is 2. The smallest absolute Gasteiger partial charge is 0.408 e. The lowest BCUT2D eigenvalue weighted by Gasteiger charge is -2.24. The van der Waals surface area contributed by atoms with Gasteiger partial charge in [0, 0.05) is 7.05 Å². The van der Waals surface area contributed by atoms with Crippen molar-refractivity contribution in [1.82, 2.24) is 15.7 Å². The van der Waals surface area contributed by atoms with Gasteiger partial charge in [0.25, 0.3) is 5.91 Å². The summed E-state index contributed by atoms with van der Waals surface area (Å²) in [6.45, 7) is 5.00. The Kier molecular flexibility index (Phi) is 8.53. The highest BCUT2D eigenvalue weighted by Gasteiger charge is 2.26. The maximum atomic E-state index is 12.3. The number of benzene rings is 1. The lowest BCUT2D eigenvalue weighted by atomic mass is 10.2. The van der Waals surface area contributed by atoms with Crippen LogP contribution >= 0.6 is 0 Å². The molecule has 0 saturated carbocycles. The number of amides is 3. The van der Waals surface area contributed by atoms with Gasteiger partial charge in [-0.1, -0.05) is 30.3 Å². The summed E-state index contributed by atoms with van der Waals surface area (Å²) < 4.78 is 10.2. The maximum Gasteiger partial charge on any atom is 0.408 e. The van der Waals surface area contributed by atoms with E-state index in [0.717, 1.165) is 10.6 Å². The first kappa shape index (κ1) is 22.2. The third-order valence-electron chi connectivity index (χ3n) is 3.24. The molecule has 3 amide bonds. The zero-order valence-corrected chi connectivity index (χ0v) is 16.3. The Morgan fingerprint density at radius 2 is 1.74 bits per heavy atom. The number of alkyl carbamates (subject to hydrolysis) is 2. The van der Waals surface area contributed by atoms with E-state index in [1.807, 2.05) is 18.2 Å². The molecule has 0 aliphatic carbocycles. The van der Waals surface area contributed by atoms with Gasteiger partial charge in [-0.25, -0.2) is 14.7 Å². The van der Waals surface area contributed by atoms with Crippen molar-refractivity contribution in [3.8, 4) is 0 Å². The molecule has 9 heteroatoms. The number of likely N-dealkylation sites (N-methyl/N-ethyl adjacent to an activating group) is 1. The van der Waals surface area contributed by atoms with Crippen LogP contribution in [0.2, 0.25) is 0 Å². The first-order chi connectivity index (χ1) is 12.6. The number of hydrogen-bond donors (Lipinski definition) is 2. The van der Waals surface area contributed by atoms with Crippen molar-refractivity contribution >= 4 is 18.1 Å². The Hall–Kier alpha value is -2.81. The van der Waals surface area contributed by atoms with Crippen LogP contribution < -0.4 is 10.6 Å². The summed E-state index contributed by atoms with van der Waals surface area (Å²) in [5.74, 6) is -0.565. The third-order valence-corrected chi connectivity index (χ3v) is 3.24. The van der Waals surface area contributed by atoms with E-state index in [0.29, 0.717) is 0 Å². The molecule has 0 heterocycles. The predicted molar refractivity (Wildman–Crippen MR) is 97.6 cm³/mol. The molecular weight excluding hydrogens is 354 g/mol. The van der Waals surface area contributed by atoms with Gasteiger partial charge in [0.05, 0.1) is 13.7 Å². The fraction of sp³-hybridized carbons (Fsp3) is 0.500. The summed E-state index contributed by atoms with van der Waals surface area (Å²) in [5.41, 5.74) is 0.117. The van der Waals surface area contributed by atoms with Crippen molar-refractivity contribution in [2.45, 2.75) is 39.0 Å². The average molecular weight is 381 g/mol. The van der Waals surface area contributed by atoms with Crippen LogP contribution in [0.1, 0.15) is 26.3 Å². The van der Waals surface area contributed by atoms with Gasteiger partial charge in [-0.15, -0.1) is 0 Å². The van der Waals surface area contributed by atoms with Crippen molar-refractivity contribution in [3.05, 3.63) is 35.9 Å². The zero-order chi connectivity index (χ0) is 20.4. The van der Waals surface area contributed by atoms with E-state index in [2.05, 4.69) is 10.6 Å². The van der Waals surface area contributed by atoms with Crippen molar-refractivity contribution in [1.29, 1.82) is 0 Å². The normalized spacial score (nSPS) is 11.9. The first-order valence-corrected chi connectivity index (χ1v) is 8.38. The summed E-state index contributed by atoms with van der Waals surface area (Å²) >= 11 is 0. The number of carbonyl (C=O) groups is 3. The van der Waals surface area contributed by atoms with Crippen LogP contribution in [0.3, 0.4) is 0 Å². The number of ether oxygens (including phenoxy) is 2. The minimum Gasteiger partial charge on any atom is -0.445 e. The number of hydrogen-bond acceptors (Lipinski definition) is 6. The molecule has 2 N–H and O–H groups in total. The topological polar surface area (TPSA) is 106 Å². The molecule has 1 rings (SSSR count). The molecule has 0 bridgehead atoms. The van der Waals surface area contributed by atoms with Crippen LogP contribution in [0.25, 0.3) is 0 Å². The molecule has 0 radical (unpaired) electrons. The second kappa shape index (κ2) is 10.4. The molecule has 1 aromatic carbocycles. The monoisotopic (exact) mass is 381 g/mol. The quantitative estimate of drug-likeness (QED) is 0.698. The van der Waals surface area contributed by atoms with E-state index in [1.165, 1.54) is 14.2 Å². The average Bonchev–Trinajstić information content (AvgIpc) is 2.61. The number of carbonyl (C=O) groups excluding carboxylic acids is 3. The lowest BCUT2D eigenvalue weighted by Crippen LogP contribution is -2.53. The first-order valence-electron chi connectivity index (χ1n) is 8.38. The second-order valence-corrected chi connectivity index (χ2v) is 6.66. The second-order valence-electron chi connectivity index (χ2n) is 6.66. The van der Waals surface area contributed by atoms with Crippen LogP contribution in [0, 0.1) is 0 Å². The van der Waals surface area contributed by atoms with Gasteiger partial charge < -0.3 is 20.1 Å². The molecule has 0 unspecified atom stereocenters. The van der Waals surface area contributed by atoms with Gasteiger partial charge in [0.2, 0.25) is 0 Å².